The largest absolute Gasteiger partial charge is 0.507 e. The highest BCUT2D eigenvalue weighted by Crippen LogP contribution is 2.70. The molecule has 0 unspecified atom stereocenters. The van der Waals surface area contributed by atoms with Gasteiger partial charge in [0.2, 0.25) is 0 Å². The summed E-state index contributed by atoms with van der Waals surface area (Å²) in [7, 11) is 1.31. The highest BCUT2D eigenvalue weighted by Gasteiger charge is 2.80. The molecule has 3 aliphatic carbocycles. The van der Waals surface area contributed by atoms with Gasteiger partial charge in [-0.2, -0.15) is 0 Å². The van der Waals surface area contributed by atoms with Gasteiger partial charge in [0.05, 0.1) is 22.8 Å². The fourth-order valence-corrected chi connectivity index (χ4v) is 8.08. The second-order valence-corrected chi connectivity index (χ2v) is 10.9. The zero-order valence-electron chi connectivity index (χ0n) is 21.7. The number of carbonyl (C=O) groups excluding carboxylic acids is 4. The quantitative estimate of drug-likeness (QED) is 0.453. The van der Waals surface area contributed by atoms with Crippen LogP contribution in [0, 0.1) is 25.7 Å². The molecule has 4 aliphatic rings. The molecule has 5 atom stereocenters. The Morgan fingerprint density at radius 2 is 1.68 bits per heavy atom. The van der Waals surface area contributed by atoms with Gasteiger partial charge in [0.15, 0.2) is 11.6 Å². The van der Waals surface area contributed by atoms with E-state index < -0.39 is 76.2 Å². The van der Waals surface area contributed by atoms with Crippen molar-refractivity contribution in [2.24, 2.45) is 11.8 Å². The molecule has 1 aliphatic heterocycles. The van der Waals surface area contributed by atoms with Crippen LogP contribution in [0.15, 0.2) is 27.6 Å². The fraction of sp³-hybridized carbons (Fsp3) is 0.345. The Balaban J connectivity index is 1.73. The second-order valence-electron chi connectivity index (χ2n) is 10.9. The van der Waals surface area contributed by atoms with E-state index in [1.54, 1.807) is 13.8 Å². The SMILES string of the molecule is CO[C@@]12c3c(C)cc(O)c4c(=O)occ(c34)C(=O)[C@@H]1[C@]13COC(=O)c4c(O)cc(C)c(c41)C(=O)[C@H]2[C@H]3OC(C)=O. The second kappa shape index (κ2) is 7.36. The number of rotatable bonds is 2. The molecule has 0 saturated heterocycles. The first-order valence-electron chi connectivity index (χ1n) is 12.6. The van der Waals surface area contributed by atoms with E-state index in [2.05, 4.69) is 0 Å². The van der Waals surface area contributed by atoms with Gasteiger partial charge >= 0.3 is 17.6 Å². The number of phenols is 2. The minimum atomic E-state index is -1.83. The molecule has 7 rings (SSSR count). The highest BCUT2D eigenvalue weighted by molar-refractivity contribution is 6.19. The number of benzene rings is 2. The molecule has 1 fully saturated rings. The average Bonchev–Trinajstić information content (AvgIpc) is 3.06. The molecular formula is C29H22O11. The van der Waals surface area contributed by atoms with E-state index in [0.29, 0.717) is 11.1 Å². The van der Waals surface area contributed by atoms with Gasteiger partial charge in [-0.05, 0) is 48.2 Å². The van der Waals surface area contributed by atoms with E-state index >= 15 is 0 Å². The van der Waals surface area contributed by atoms with E-state index in [1.807, 2.05) is 0 Å². The van der Waals surface area contributed by atoms with E-state index in [-0.39, 0.29) is 38.6 Å². The maximum Gasteiger partial charge on any atom is 0.347 e. The number of cyclic esters (lactones) is 1. The lowest BCUT2D eigenvalue weighted by Crippen LogP contribution is -2.57. The third-order valence-electron chi connectivity index (χ3n) is 9.17. The first-order valence-corrected chi connectivity index (χ1v) is 12.6. The maximum atomic E-state index is 14.6. The zero-order valence-corrected chi connectivity index (χ0v) is 21.7. The van der Waals surface area contributed by atoms with Gasteiger partial charge in [-0.15, -0.1) is 0 Å². The Morgan fingerprint density at radius 3 is 2.35 bits per heavy atom. The lowest BCUT2D eigenvalue weighted by atomic mass is 9.59. The number of aromatic hydroxyl groups is 2. The summed E-state index contributed by atoms with van der Waals surface area (Å²) in [6.45, 7) is 3.94. The summed E-state index contributed by atoms with van der Waals surface area (Å²) in [5.41, 5.74) is -3.47. The van der Waals surface area contributed by atoms with Crippen molar-refractivity contribution < 1.29 is 48.0 Å². The molecule has 40 heavy (non-hydrogen) atoms. The number of hydrogen-bond acceptors (Lipinski definition) is 11. The molecule has 3 aromatic rings. The molecule has 11 nitrogen and oxygen atoms in total. The molecule has 0 amide bonds. The number of esters is 2. The summed E-state index contributed by atoms with van der Waals surface area (Å²) in [6, 6.07) is 2.61. The van der Waals surface area contributed by atoms with Crippen molar-refractivity contribution >= 4 is 34.3 Å². The van der Waals surface area contributed by atoms with Crippen LogP contribution in [0.4, 0.5) is 0 Å². The topological polar surface area (TPSA) is 167 Å². The van der Waals surface area contributed by atoms with E-state index in [0.717, 1.165) is 13.2 Å². The van der Waals surface area contributed by atoms with Crippen molar-refractivity contribution in [3.63, 3.8) is 0 Å². The summed E-state index contributed by atoms with van der Waals surface area (Å²) in [5, 5.41) is 21.5. The number of ether oxygens (including phenoxy) is 3. The summed E-state index contributed by atoms with van der Waals surface area (Å²) in [6.07, 6.45) is -0.353. The molecule has 1 saturated carbocycles. The van der Waals surface area contributed by atoms with Gasteiger partial charge < -0.3 is 28.8 Å². The fourth-order valence-electron chi connectivity index (χ4n) is 8.08. The molecule has 2 bridgehead atoms. The van der Waals surface area contributed by atoms with Crippen LogP contribution in [0.5, 0.6) is 11.5 Å². The Morgan fingerprint density at radius 1 is 0.975 bits per heavy atom. The first-order chi connectivity index (χ1) is 18.9. The number of carbonyl (C=O) groups is 4. The molecule has 11 heteroatoms. The maximum absolute atomic E-state index is 14.6. The summed E-state index contributed by atoms with van der Waals surface area (Å²) >= 11 is 0. The van der Waals surface area contributed by atoms with Crippen LogP contribution < -0.4 is 5.63 Å². The molecule has 2 aromatic carbocycles. The number of hydrogen-bond donors (Lipinski definition) is 2. The van der Waals surface area contributed by atoms with Crippen molar-refractivity contribution in [2.45, 2.75) is 37.9 Å². The van der Waals surface area contributed by atoms with Gasteiger partial charge in [0, 0.05) is 25.0 Å². The van der Waals surface area contributed by atoms with Crippen molar-refractivity contribution in [3.8, 4) is 11.5 Å². The van der Waals surface area contributed by atoms with E-state index in [9.17, 15) is 34.2 Å². The van der Waals surface area contributed by atoms with Crippen molar-refractivity contribution in [2.75, 3.05) is 13.7 Å². The van der Waals surface area contributed by atoms with Crippen LogP contribution in [0.1, 0.15) is 60.3 Å². The van der Waals surface area contributed by atoms with Gasteiger partial charge in [-0.1, -0.05) is 0 Å². The van der Waals surface area contributed by atoms with Gasteiger partial charge in [0.25, 0.3) is 0 Å². The molecule has 2 heterocycles. The standard InChI is InChI=1S/C29H22O11/c1-9-5-14(32)18-20-15(9)23(34)21-25(40-11(3)30)28(20,8-39-27(18)36)24-22(33)12-7-38-26(35)17-13(31)6-10(2)19(16(12)17)29(21,24)37-4/h5-7,21,24-25,31-32H,8H2,1-4H3/t21-,24+,25+,28-,29+/m0/s1. The Kier molecular flexibility index (Phi) is 4.51. The Bertz CT molecular complexity index is 1850. The minimum absolute atomic E-state index is 0.0471. The van der Waals surface area contributed by atoms with Crippen molar-refractivity contribution in [3.05, 3.63) is 67.8 Å². The third kappa shape index (κ3) is 2.40. The lowest BCUT2D eigenvalue weighted by molar-refractivity contribution is -0.154. The normalized spacial score (nSPS) is 29.2. The average molecular weight is 546 g/mol. The predicted octanol–water partition coefficient (Wildman–Crippen LogP) is 2.34. The Labute approximate surface area is 225 Å². The zero-order chi connectivity index (χ0) is 28.6. The van der Waals surface area contributed by atoms with E-state index in [1.165, 1.54) is 19.2 Å². The predicted molar refractivity (Wildman–Crippen MR) is 134 cm³/mol. The van der Waals surface area contributed by atoms with Crippen LogP contribution >= 0.6 is 0 Å². The molecule has 1 aromatic heterocycles. The number of methoxy groups -OCH3 is 1. The van der Waals surface area contributed by atoms with Crippen molar-refractivity contribution in [1.29, 1.82) is 0 Å². The summed E-state index contributed by atoms with van der Waals surface area (Å²) < 4.78 is 22.8. The molecule has 1 spiro atoms. The Hall–Kier alpha value is -4.51. The number of Topliss-reactive ketones (excluding diaryl/α,β-unsaturated/α-hetero) is 2. The number of phenolic OH excluding ortho intramolecular Hbond substituents is 2. The van der Waals surface area contributed by atoms with Crippen LogP contribution in [0.3, 0.4) is 0 Å². The third-order valence-corrected chi connectivity index (χ3v) is 9.17. The smallest absolute Gasteiger partial charge is 0.347 e. The van der Waals surface area contributed by atoms with Gasteiger partial charge in [0.1, 0.15) is 47.0 Å². The van der Waals surface area contributed by atoms with Crippen LogP contribution in [-0.4, -0.2) is 53.5 Å². The first kappa shape index (κ1) is 24.5. The highest BCUT2D eigenvalue weighted by atomic mass is 16.6. The number of ketones is 2. The molecule has 0 radical (unpaired) electrons. The summed E-state index contributed by atoms with van der Waals surface area (Å²) in [4.78, 5) is 67.6. The molecular weight excluding hydrogens is 524 g/mol. The van der Waals surface area contributed by atoms with Crippen molar-refractivity contribution in [1.82, 2.24) is 0 Å². The van der Waals surface area contributed by atoms with Crippen LogP contribution in [-0.2, 0) is 30.0 Å². The summed E-state index contributed by atoms with van der Waals surface area (Å²) in [5.74, 6) is -6.33. The molecule has 2 N–H and O–H groups in total. The number of fused-ring (bicyclic) bond motifs is 4. The number of aryl methyl sites for hydroxylation is 2. The molecule has 204 valence electrons. The van der Waals surface area contributed by atoms with Gasteiger partial charge in [-0.3, -0.25) is 14.4 Å². The van der Waals surface area contributed by atoms with Crippen LogP contribution in [0.25, 0.3) is 10.8 Å². The monoisotopic (exact) mass is 546 g/mol. The minimum Gasteiger partial charge on any atom is -0.507 e. The van der Waals surface area contributed by atoms with E-state index in [4.69, 9.17) is 18.6 Å². The van der Waals surface area contributed by atoms with Gasteiger partial charge in [-0.25, -0.2) is 9.59 Å². The van der Waals surface area contributed by atoms with Crippen LogP contribution in [0.2, 0.25) is 0 Å². The lowest BCUT2D eigenvalue weighted by Gasteiger charge is -2.47.